The molecule has 0 atom stereocenters. The van der Waals surface area contributed by atoms with Crippen LogP contribution in [0.15, 0.2) is 0 Å². The van der Waals surface area contributed by atoms with Crippen molar-refractivity contribution in [3.05, 3.63) is 0 Å². The van der Waals surface area contributed by atoms with E-state index >= 15 is 0 Å². The highest BCUT2D eigenvalue weighted by Crippen LogP contribution is 2.01. The Hall–Kier alpha value is -0.240. The lowest BCUT2D eigenvalue weighted by Crippen LogP contribution is -2.38. The Bertz CT molecular complexity index is 194. The van der Waals surface area contributed by atoms with Gasteiger partial charge in [-0.2, -0.15) is 0 Å². The SMILES string of the molecule is COCCN1CCN(CCOC)CCN(CCOC)CC1. The van der Waals surface area contributed by atoms with Crippen molar-refractivity contribution >= 4 is 0 Å². The molecule has 0 radical (unpaired) electrons. The summed E-state index contributed by atoms with van der Waals surface area (Å²) in [7, 11) is 5.31. The number of rotatable bonds is 9. The molecule has 6 nitrogen and oxygen atoms in total. The van der Waals surface area contributed by atoms with E-state index in [1.165, 1.54) is 0 Å². The molecule has 1 aliphatic heterocycles. The van der Waals surface area contributed by atoms with Crippen molar-refractivity contribution in [2.24, 2.45) is 0 Å². The van der Waals surface area contributed by atoms with Crippen LogP contribution < -0.4 is 0 Å². The van der Waals surface area contributed by atoms with Crippen molar-refractivity contribution in [2.75, 3.05) is 100 Å². The molecule has 6 heteroatoms. The average molecular weight is 303 g/mol. The molecule has 1 rings (SSSR count). The summed E-state index contributed by atoms with van der Waals surface area (Å²) < 4.78 is 15.7. The zero-order valence-corrected chi connectivity index (χ0v) is 14.1. The first kappa shape index (κ1) is 18.8. The summed E-state index contributed by atoms with van der Waals surface area (Å²) in [5.41, 5.74) is 0. The van der Waals surface area contributed by atoms with Crippen molar-refractivity contribution in [1.82, 2.24) is 14.7 Å². The van der Waals surface area contributed by atoms with E-state index in [2.05, 4.69) is 14.7 Å². The summed E-state index contributed by atoms with van der Waals surface area (Å²) >= 11 is 0. The molecule has 126 valence electrons. The molecule has 0 bridgehead atoms. The standard InChI is InChI=1S/C15H33N3O3/c1-19-13-10-16-4-6-17(11-14-20-2)8-9-18(7-5-16)12-15-21-3/h4-15H2,1-3H3. The van der Waals surface area contributed by atoms with Crippen LogP contribution in [0, 0.1) is 0 Å². The van der Waals surface area contributed by atoms with Gasteiger partial charge in [-0.25, -0.2) is 0 Å². The lowest BCUT2D eigenvalue weighted by atomic mass is 10.4. The van der Waals surface area contributed by atoms with Crippen LogP contribution in [0.2, 0.25) is 0 Å². The van der Waals surface area contributed by atoms with Crippen molar-refractivity contribution in [3.63, 3.8) is 0 Å². The van der Waals surface area contributed by atoms with Gasteiger partial charge < -0.3 is 14.2 Å². The van der Waals surface area contributed by atoms with Gasteiger partial charge in [0, 0.05) is 80.2 Å². The predicted octanol–water partition coefficient (Wildman–Crippen LogP) is -0.155. The largest absolute Gasteiger partial charge is 0.383 e. The van der Waals surface area contributed by atoms with Crippen LogP contribution in [0.25, 0.3) is 0 Å². The number of methoxy groups -OCH3 is 3. The van der Waals surface area contributed by atoms with Crippen molar-refractivity contribution in [3.8, 4) is 0 Å². The molecule has 1 heterocycles. The van der Waals surface area contributed by atoms with Crippen LogP contribution in [-0.2, 0) is 14.2 Å². The molecule has 0 spiro atoms. The van der Waals surface area contributed by atoms with E-state index in [1.54, 1.807) is 21.3 Å². The van der Waals surface area contributed by atoms with E-state index in [0.717, 1.165) is 78.7 Å². The molecule has 0 aliphatic carbocycles. The minimum absolute atomic E-state index is 0.802. The molecule has 21 heavy (non-hydrogen) atoms. The molecule has 0 amide bonds. The highest BCUT2D eigenvalue weighted by atomic mass is 16.5. The molecule has 1 fully saturated rings. The van der Waals surface area contributed by atoms with E-state index in [-0.39, 0.29) is 0 Å². The van der Waals surface area contributed by atoms with Crippen molar-refractivity contribution in [1.29, 1.82) is 0 Å². The maximum Gasteiger partial charge on any atom is 0.0589 e. The van der Waals surface area contributed by atoms with Crippen LogP contribution in [0.4, 0.5) is 0 Å². The van der Waals surface area contributed by atoms with Crippen LogP contribution in [0.3, 0.4) is 0 Å². The summed E-state index contributed by atoms with van der Waals surface area (Å²) in [6, 6.07) is 0. The van der Waals surface area contributed by atoms with E-state index < -0.39 is 0 Å². The van der Waals surface area contributed by atoms with Crippen LogP contribution in [-0.4, -0.2) is 115 Å². The van der Waals surface area contributed by atoms with Gasteiger partial charge >= 0.3 is 0 Å². The minimum atomic E-state index is 0.802. The molecule has 1 saturated heterocycles. The van der Waals surface area contributed by atoms with E-state index in [4.69, 9.17) is 14.2 Å². The summed E-state index contributed by atoms with van der Waals surface area (Å²) in [6.45, 7) is 12.0. The lowest BCUT2D eigenvalue weighted by Gasteiger charge is -2.25. The normalized spacial score (nSPS) is 20.1. The molecule has 0 unspecified atom stereocenters. The highest BCUT2D eigenvalue weighted by Gasteiger charge is 2.15. The monoisotopic (exact) mass is 303 g/mol. The number of nitrogens with zero attached hydrogens (tertiary/aromatic N) is 3. The van der Waals surface area contributed by atoms with Gasteiger partial charge in [0.25, 0.3) is 0 Å². The Balaban J connectivity index is 2.49. The predicted molar refractivity (Wildman–Crippen MR) is 84.9 cm³/mol. The number of ether oxygens (including phenoxy) is 3. The van der Waals surface area contributed by atoms with Gasteiger partial charge in [-0.1, -0.05) is 0 Å². The van der Waals surface area contributed by atoms with E-state index in [1.807, 2.05) is 0 Å². The quantitative estimate of drug-likeness (QED) is 0.589. The Morgan fingerprint density at radius 1 is 0.524 bits per heavy atom. The van der Waals surface area contributed by atoms with Gasteiger partial charge in [0.05, 0.1) is 19.8 Å². The van der Waals surface area contributed by atoms with Gasteiger partial charge in [-0.15, -0.1) is 0 Å². The summed E-state index contributed by atoms with van der Waals surface area (Å²) in [6.07, 6.45) is 0. The fraction of sp³-hybridized carbons (Fsp3) is 1.00. The number of hydrogen-bond acceptors (Lipinski definition) is 6. The van der Waals surface area contributed by atoms with Crippen LogP contribution in [0.1, 0.15) is 0 Å². The molecular weight excluding hydrogens is 270 g/mol. The Kier molecular flexibility index (Phi) is 11.0. The second-order valence-electron chi connectivity index (χ2n) is 5.50. The Labute approximate surface area is 129 Å². The zero-order valence-electron chi connectivity index (χ0n) is 14.1. The maximum absolute atomic E-state index is 5.22. The first-order valence-electron chi connectivity index (χ1n) is 7.94. The second-order valence-corrected chi connectivity index (χ2v) is 5.50. The first-order valence-corrected chi connectivity index (χ1v) is 7.94. The number of hydrogen-bond donors (Lipinski definition) is 0. The van der Waals surface area contributed by atoms with Crippen molar-refractivity contribution < 1.29 is 14.2 Å². The lowest BCUT2D eigenvalue weighted by molar-refractivity contribution is 0.125. The van der Waals surface area contributed by atoms with E-state index in [9.17, 15) is 0 Å². The van der Waals surface area contributed by atoms with Gasteiger partial charge in [0.15, 0.2) is 0 Å². The molecule has 0 aromatic rings. The topological polar surface area (TPSA) is 37.4 Å². The summed E-state index contributed by atoms with van der Waals surface area (Å²) in [4.78, 5) is 7.48. The smallest absolute Gasteiger partial charge is 0.0589 e. The Morgan fingerprint density at radius 2 is 0.762 bits per heavy atom. The molecule has 0 aromatic heterocycles. The zero-order chi connectivity index (χ0) is 15.3. The third-order valence-electron chi connectivity index (χ3n) is 4.03. The summed E-state index contributed by atoms with van der Waals surface area (Å²) in [5.74, 6) is 0. The molecule has 0 N–H and O–H groups in total. The summed E-state index contributed by atoms with van der Waals surface area (Å²) in [5, 5.41) is 0. The first-order chi connectivity index (χ1) is 10.3. The maximum atomic E-state index is 5.22. The third-order valence-corrected chi connectivity index (χ3v) is 4.03. The minimum Gasteiger partial charge on any atom is -0.383 e. The third kappa shape index (κ3) is 8.70. The van der Waals surface area contributed by atoms with Crippen LogP contribution >= 0.6 is 0 Å². The molecule has 1 aliphatic rings. The molecule has 0 saturated carbocycles. The van der Waals surface area contributed by atoms with Crippen LogP contribution in [0.5, 0.6) is 0 Å². The highest BCUT2D eigenvalue weighted by molar-refractivity contribution is 4.71. The molecular formula is C15H33N3O3. The van der Waals surface area contributed by atoms with Gasteiger partial charge in [0.2, 0.25) is 0 Å². The fourth-order valence-corrected chi connectivity index (χ4v) is 2.52. The Morgan fingerprint density at radius 3 is 0.952 bits per heavy atom. The fourth-order valence-electron chi connectivity index (χ4n) is 2.52. The average Bonchev–Trinajstić information content (AvgIpc) is 2.60. The molecule has 0 aromatic carbocycles. The van der Waals surface area contributed by atoms with Crippen molar-refractivity contribution in [2.45, 2.75) is 0 Å². The second kappa shape index (κ2) is 12.3. The van der Waals surface area contributed by atoms with Gasteiger partial charge in [-0.05, 0) is 0 Å². The van der Waals surface area contributed by atoms with Gasteiger partial charge in [0.1, 0.15) is 0 Å². The van der Waals surface area contributed by atoms with E-state index in [0.29, 0.717) is 0 Å². The van der Waals surface area contributed by atoms with Gasteiger partial charge in [-0.3, -0.25) is 14.7 Å².